The van der Waals surface area contributed by atoms with Crippen LogP contribution in [0.4, 0.5) is 0 Å². The molecule has 1 aliphatic heterocycles. The van der Waals surface area contributed by atoms with Crippen LogP contribution in [0, 0.1) is 49.3 Å². The molecule has 0 radical (unpaired) electrons. The number of hydrogen-bond acceptors (Lipinski definition) is 2. The van der Waals surface area contributed by atoms with Crippen molar-refractivity contribution >= 4 is 0 Å². The van der Waals surface area contributed by atoms with Gasteiger partial charge < -0.3 is 0 Å². The van der Waals surface area contributed by atoms with Crippen LogP contribution in [-0.2, 0) is 0.545 Å². The topological polar surface area (TPSA) is 21.3 Å². The predicted molar refractivity (Wildman–Crippen MR) is 32.9 cm³/mol. The summed E-state index contributed by atoms with van der Waals surface area (Å²) in [4.78, 5) is 0. The van der Waals surface area contributed by atoms with Crippen molar-refractivity contribution in [1.29, 1.82) is 0 Å². The van der Waals surface area contributed by atoms with Crippen molar-refractivity contribution < 1.29 is 44.0 Å². The third-order valence-electron chi connectivity index (χ3n) is 2.13. The molecule has 1 heterocycles. The molecule has 1 fully saturated rings. The first kappa shape index (κ1) is 8.48. The van der Waals surface area contributed by atoms with Crippen molar-refractivity contribution in [2.24, 2.45) is 5.92 Å². The molecule has 1 rings (SSSR count). The van der Waals surface area contributed by atoms with E-state index in [4.69, 9.17) is 0.545 Å². The van der Waals surface area contributed by atoms with Crippen molar-refractivity contribution in [3.05, 3.63) is 0 Å². The molecule has 0 aromatic rings. The molecule has 0 amide bonds. The minimum atomic E-state index is 0.291. The van der Waals surface area contributed by atoms with E-state index in [2.05, 4.69) is 12.2 Å². The molecule has 0 spiro atoms. The molecule has 0 aliphatic carbocycles. The van der Waals surface area contributed by atoms with Crippen molar-refractivity contribution in [1.82, 2.24) is 5.32 Å². The summed E-state index contributed by atoms with van der Waals surface area (Å²) in [6.45, 7) is 4.56. The molecule has 0 bridgehead atoms. The van der Waals surface area contributed by atoms with Gasteiger partial charge in [-0.3, -0.25) is 0 Å². The first-order valence-corrected chi connectivity index (χ1v) is 6.93. The van der Waals surface area contributed by atoms with E-state index in [-0.39, 0.29) is 0 Å². The fraction of sp³-hybridized carbons (Fsp3) is 1.00. The quantitative estimate of drug-likeness (QED) is 0.775. The molecule has 0 unspecified atom stereocenters. The molecule has 2 atom stereocenters. The van der Waals surface area contributed by atoms with Crippen molar-refractivity contribution in [3.8, 4) is 0 Å². The SMILES string of the molecule is C[C@H]([O][RaH])[C@@H]1CCNC1. The average molecular weight is 341 g/mol. The molecule has 50 valence electrons. The normalized spacial score (nSPS) is 30.4. The molecule has 3 heteroatoms. The summed E-state index contributed by atoms with van der Waals surface area (Å²) in [6.07, 6.45) is 1.84. The van der Waals surface area contributed by atoms with Gasteiger partial charge in [-0.1, -0.05) is 0 Å². The Labute approximate surface area is 86.7 Å². The summed E-state index contributed by atoms with van der Waals surface area (Å²) >= 11 is 0.291. The van der Waals surface area contributed by atoms with E-state index in [1.807, 2.05) is 0 Å². The molecule has 1 aliphatic rings. The first-order valence-electron chi connectivity index (χ1n) is 3.58. The van der Waals surface area contributed by atoms with Gasteiger partial charge in [-0.2, -0.15) is 0 Å². The van der Waals surface area contributed by atoms with Gasteiger partial charge >= 0.3 is 87.7 Å². The van der Waals surface area contributed by atoms with Crippen LogP contribution in [-0.4, -0.2) is 19.2 Å². The molecule has 1 saturated heterocycles. The zero-order valence-corrected chi connectivity index (χ0v) is 14.4. The second kappa shape index (κ2) is 4.30. The third-order valence-corrected chi connectivity index (χ3v) is 5.19. The Morgan fingerprint density at radius 1 is 1.78 bits per heavy atom. The molecule has 2 nitrogen and oxygen atoms in total. The van der Waals surface area contributed by atoms with Gasteiger partial charge in [0.2, 0.25) is 0 Å². The summed E-state index contributed by atoms with van der Waals surface area (Å²) < 4.78 is 5.42. The zero-order valence-electron chi connectivity index (χ0n) is 6.18. The van der Waals surface area contributed by atoms with Gasteiger partial charge in [0.05, 0.1) is 0 Å². The van der Waals surface area contributed by atoms with Crippen molar-refractivity contribution in [2.45, 2.75) is 19.4 Å². The van der Waals surface area contributed by atoms with E-state index >= 15 is 0 Å². The third kappa shape index (κ3) is 2.48. The van der Waals surface area contributed by atoms with Gasteiger partial charge in [0.1, 0.15) is 0 Å². The van der Waals surface area contributed by atoms with E-state index < -0.39 is 0 Å². The standard InChI is InChI=1S/C6H12NO.Ra.H/c1-5(8)6-2-3-7-4-6;;/h5-7H,2-4H2,1H3;;/q-1;+1;/t5-,6+;;/m0../s1. The van der Waals surface area contributed by atoms with E-state index in [1.54, 1.807) is 0 Å². The molecule has 0 aromatic heterocycles. The summed E-state index contributed by atoms with van der Waals surface area (Å²) in [5.41, 5.74) is 0. The van der Waals surface area contributed by atoms with Crippen molar-refractivity contribution in [3.63, 3.8) is 0 Å². The Balaban J connectivity index is 2.24. The Kier molecular flexibility index (Phi) is 4.06. The molecule has 1 N–H and O–H groups in total. The van der Waals surface area contributed by atoms with Gasteiger partial charge in [0.15, 0.2) is 0 Å². The van der Waals surface area contributed by atoms with E-state index in [9.17, 15) is 0 Å². The van der Waals surface area contributed by atoms with Gasteiger partial charge in [-0.05, 0) is 0 Å². The molecule has 0 saturated carbocycles. The Morgan fingerprint density at radius 3 is 3.00 bits per heavy atom. The van der Waals surface area contributed by atoms with E-state index in [0.29, 0.717) is 49.5 Å². The monoisotopic (exact) mass is 341 g/mol. The second-order valence-corrected chi connectivity index (χ2v) is 4.63. The molecular weight excluding hydrogens is 328 g/mol. The fourth-order valence-electron chi connectivity index (χ4n) is 1.27. The van der Waals surface area contributed by atoms with Crippen LogP contribution >= 0.6 is 0 Å². The second-order valence-electron chi connectivity index (χ2n) is 2.69. The Hall–Kier alpha value is 1.39. The average Bonchev–Trinajstić information content (AvgIpc) is 2.37. The predicted octanol–water partition coefficient (Wildman–Crippen LogP) is 0.198. The Morgan fingerprint density at radius 2 is 2.56 bits per heavy atom. The fourth-order valence-corrected chi connectivity index (χ4v) is 2.85. The maximum absolute atomic E-state index is 5.42. The molecule has 0 aromatic carbocycles. The van der Waals surface area contributed by atoms with Gasteiger partial charge in [-0.25, -0.2) is 0 Å². The zero-order chi connectivity index (χ0) is 6.69. The summed E-state index contributed by atoms with van der Waals surface area (Å²) in [5.74, 6) is 0.803. The Bertz CT molecular complexity index is 83.1. The van der Waals surface area contributed by atoms with Crippen LogP contribution in [0.25, 0.3) is 0 Å². The van der Waals surface area contributed by atoms with Crippen molar-refractivity contribution in [2.75, 3.05) is 13.1 Å². The number of hydrogen-bond donors (Lipinski definition) is 1. The van der Waals surface area contributed by atoms with Crippen LogP contribution in [0.5, 0.6) is 0 Å². The van der Waals surface area contributed by atoms with Crippen LogP contribution in [0.15, 0.2) is 0 Å². The number of nitrogens with one attached hydrogen (secondary N) is 1. The van der Waals surface area contributed by atoms with Gasteiger partial charge in [0.25, 0.3) is 0 Å². The van der Waals surface area contributed by atoms with Gasteiger partial charge in [-0.15, -0.1) is 0 Å². The van der Waals surface area contributed by atoms with Crippen LogP contribution < -0.4 is 5.32 Å². The van der Waals surface area contributed by atoms with E-state index in [0.717, 1.165) is 5.92 Å². The summed E-state index contributed by atoms with van der Waals surface area (Å²) in [6, 6.07) is 0. The first-order chi connectivity index (χ1) is 4.34. The molecule has 9 heavy (non-hydrogen) atoms. The summed E-state index contributed by atoms with van der Waals surface area (Å²) in [7, 11) is 0. The van der Waals surface area contributed by atoms with E-state index in [1.165, 1.54) is 19.5 Å². The number of rotatable bonds is 2. The summed E-state index contributed by atoms with van der Waals surface area (Å²) in [5, 5.41) is 3.33. The molecular formula is C6H13NORa. The van der Waals surface area contributed by atoms with Crippen LogP contribution in [0.1, 0.15) is 13.3 Å². The minimum absolute atomic E-state index is 0.291. The van der Waals surface area contributed by atoms with Crippen LogP contribution in [0.3, 0.4) is 0 Å². The van der Waals surface area contributed by atoms with Gasteiger partial charge in [0, 0.05) is 0 Å². The maximum atomic E-state index is 5.42. The van der Waals surface area contributed by atoms with Crippen LogP contribution in [0.2, 0.25) is 0 Å².